The molecule has 0 bridgehead atoms. The number of esters is 1. The van der Waals surface area contributed by atoms with Crippen LogP contribution in [-0.2, 0) is 29.1 Å². The quantitative estimate of drug-likeness (QED) is 0.424. The van der Waals surface area contributed by atoms with Crippen LogP contribution in [0.1, 0.15) is 33.1 Å². The largest absolute Gasteiger partial charge is 0.466 e. The molecule has 0 unspecified atom stereocenters. The number of thiocarbonyl (C=S) groups is 1. The Morgan fingerprint density at radius 3 is 2.30 bits per heavy atom. The molecule has 1 rings (SSSR count). The Balaban J connectivity index is 2.52. The van der Waals surface area contributed by atoms with Gasteiger partial charge in [0.1, 0.15) is 0 Å². The summed E-state index contributed by atoms with van der Waals surface area (Å²) in [6.07, 6.45) is 0.583. The van der Waals surface area contributed by atoms with E-state index in [2.05, 4.69) is 10.6 Å². The molecule has 0 fully saturated rings. The summed E-state index contributed by atoms with van der Waals surface area (Å²) in [6, 6.07) is 5.41. The Morgan fingerprint density at radius 2 is 1.74 bits per heavy atom. The van der Waals surface area contributed by atoms with Crippen LogP contribution < -0.4 is 15.4 Å². The third-order valence-corrected chi connectivity index (χ3v) is 4.63. The highest BCUT2D eigenvalue weighted by molar-refractivity contribution is 7.90. The molecule has 0 saturated carbocycles. The number of rotatable bonds is 8. The van der Waals surface area contributed by atoms with E-state index in [1.54, 1.807) is 0 Å². The lowest BCUT2D eigenvalue weighted by molar-refractivity contribution is -0.144. The Bertz CT molecular complexity index is 806. The number of hydrogen-bond donors (Lipinski definition) is 3. The molecule has 11 heteroatoms. The Hall–Kier alpha value is -2.53. The molecule has 0 aliphatic heterocycles. The lowest BCUT2D eigenvalue weighted by Gasteiger charge is -2.10. The molecular weight excluding hydrogens is 394 g/mol. The maximum atomic E-state index is 11.8. The van der Waals surface area contributed by atoms with Crippen molar-refractivity contribution in [2.45, 2.75) is 38.0 Å². The summed E-state index contributed by atoms with van der Waals surface area (Å²) in [5.74, 6) is -1.60. The van der Waals surface area contributed by atoms with Gasteiger partial charge in [-0.3, -0.25) is 14.4 Å². The van der Waals surface area contributed by atoms with Crippen LogP contribution in [0.2, 0.25) is 0 Å². The van der Waals surface area contributed by atoms with Crippen LogP contribution in [0.3, 0.4) is 0 Å². The number of carbonyl (C=O) groups is 3. The van der Waals surface area contributed by atoms with E-state index in [0.717, 1.165) is 6.92 Å². The highest BCUT2D eigenvalue weighted by atomic mass is 32.2. The van der Waals surface area contributed by atoms with E-state index in [0.29, 0.717) is 18.7 Å². The molecule has 9 nitrogen and oxygen atoms in total. The van der Waals surface area contributed by atoms with E-state index < -0.39 is 27.8 Å². The second-order valence-electron chi connectivity index (χ2n) is 5.41. The number of amides is 2. The molecule has 0 aromatic heterocycles. The van der Waals surface area contributed by atoms with Crippen molar-refractivity contribution >= 4 is 50.8 Å². The van der Waals surface area contributed by atoms with Crippen LogP contribution in [0.5, 0.6) is 0 Å². The third-order valence-electron chi connectivity index (χ3n) is 2.98. The van der Waals surface area contributed by atoms with E-state index in [1.165, 1.54) is 24.3 Å². The third kappa shape index (κ3) is 8.60. The van der Waals surface area contributed by atoms with Gasteiger partial charge in [-0.15, -0.1) is 0 Å². The first-order chi connectivity index (χ1) is 12.6. The first-order valence-electron chi connectivity index (χ1n) is 8.04. The minimum atomic E-state index is -3.92. The first kappa shape index (κ1) is 22.5. The van der Waals surface area contributed by atoms with E-state index in [4.69, 9.17) is 17.0 Å². The molecule has 0 saturated heterocycles. The molecule has 0 heterocycles. The number of ether oxygens (including phenoxy) is 1. The zero-order chi connectivity index (χ0) is 20.4. The molecule has 1 aromatic rings. The van der Waals surface area contributed by atoms with Gasteiger partial charge in [-0.25, -0.2) is 13.1 Å². The standard InChI is InChI=1S/C16H21N3O6S2/c1-3-10-25-15(22)9-8-14(21)18-16(26)17-12-4-6-13(7-5-12)27(23,24)19-11(2)20/h4-7H,3,8-10H2,1-2H3,(H,19,20)(H2,17,18,21,26). The number of hydrogen-bond acceptors (Lipinski definition) is 7. The molecule has 0 aliphatic rings. The lowest BCUT2D eigenvalue weighted by atomic mass is 10.3. The monoisotopic (exact) mass is 415 g/mol. The van der Waals surface area contributed by atoms with Crippen LogP contribution in [-0.4, -0.2) is 37.9 Å². The smallest absolute Gasteiger partial charge is 0.306 e. The molecule has 0 aliphatic carbocycles. The van der Waals surface area contributed by atoms with Gasteiger partial charge in [0.2, 0.25) is 11.8 Å². The van der Waals surface area contributed by atoms with Crippen molar-refractivity contribution in [3.63, 3.8) is 0 Å². The van der Waals surface area contributed by atoms with Crippen molar-refractivity contribution in [1.82, 2.24) is 10.0 Å². The first-order valence-corrected chi connectivity index (χ1v) is 9.93. The molecule has 0 radical (unpaired) electrons. The van der Waals surface area contributed by atoms with E-state index >= 15 is 0 Å². The summed E-state index contributed by atoms with van der Waals surface area (Å²) in [5, 5.41) is 5.12. The van der Waals surface area contributed by atoms with Crippen LogP contribution in [0.25, 0.3) is 0 Å². The fourth-order valence-corrected chi connectivity index (χ4v) is 3.04. The molecule has 2 amide bonds. The number of sulfonamides is 1. The minimum absolute atomic E-state index is 0.000561. The number of carbonyl (C=O) groups excluding carboxylic acids is 3. The van der Waals surface area contributed by atoms with Gasteiger partial charge in [0.05, 0.1) is 17.9 Å². The van der Waals surface area contributed by atoms with Gasteiger partial charge >= 0.3 is 5.97 Å². The zero-order valence-corrected chi connectivity index (χ0v) is 16.5. The molecule has 1 aromatic carbocycles. The summed E-state index contributed by atoms with van der Waals surface area (Å²) in [4.78, 5) is 33.9. The van der Waals surface area contributed by atoms with Gasteiger partial charge in [0.15, 0.2) is 5.11 Å². The molecular formula is C16H21N3O6S2. The summed E-state index contributed by atoms with van der Waals surface area (Å²) in [7, 11) is -3.92. The second kappa shape index (κ2) is 10.6. The maximum absolute atomic E-state index is 11.8. The topological polar surface area (TPSA) is 131 Å². The number of anilines is 1. The lowest BCUT2D eigenvalue weighted by Crippen LogP contribution is -2.34. The number of nitrogens with one attached hydrogen (secondary N) is 3. The van der Waals surface area contributed by atoms with Gasteiger partial charge in [-0.05, 0) is 42.9 Å². The summed E-state index contributed by atoms with van der Waals surface area (Å²) < 4.78 is 30.4. The normalized spacial score (nSPS) is 10.6. The van der Waals surface area contributed by atoms with Crippen molar-refractivity contribution in [3.8, 4) is 0 Å². The van der Waals surface area contributed by atoms with Crippen LogP contribution in [0.4, 0.5) is 5.69 Å². The molecule has 148 valence electrons. The zero-order valence-electron chi connectivity index (χ0n) is 14.9. The summed E-state index contributed by atoms with van der Waals surface area (Å²) in [6.45, 7) is 3.28. The highest BCUT2D eigenvalue weighted by Gasteiger charge is 2.15. The van der Waals surface area contributed by atoms with E-state index in [-0.39, 0.29) is 22.8 Å². The predicted molar refractivity (Wildman–Crippen MR) is 102 cm³/mol. The maximum Gasteiger partial charge on any atom is 0.306 e. The molecule has 0 atom stereocenters. The van der Waals surface area contributed by atoms with Gasteiger partial charge < -0.3 is 15.4 Å². The van der Waals surface area contributed by atoms with Crippen molar-refractivity contribution in [3.05, 3.63) is 24.3 Å². The van der Waals surface area contributed by atoms with Crippen molar-refractivity contribution < 1.29 is 27.5 Å². The summed E-state index contributed by atoms with van der Waals surface area (Å²) in [5.41, 5.74) is 0.435. The Morgan fingerprint density at radius 1 is 1.11 bits per heavy atom. The molecule has 27 heavy (non-hydrogen) atoms. The van der Waals surface area contributed by atoms with Gasteiger partial charge in [0.25, 0.3) is 10.0 Å². The average molecular weight is 415 g/mol. The van der Waals surface area contributed by atoms with Crippen LogP contribution >= 0.6 is 12.2 Å². The number of benzene rings is 1. The minimum Gasteiger partial charge on any atom is -0.466 e. The van der Waals surface area contributed by atoms with Gasteiger partial charge in [-0.2, -0.15) is 0 Å². The molecule has 0 spiro atoms. The fraction of sp³-hybridized carbons (Fsp3) is 0.375. The highest BCUT2D eigenvalue weighted by Crippen LogP contribution is 2.14. The van der Waals surface area contributed by atoms with Crippen molar-refractivity contribution in [2.24, 2.45) is 0 Å². The molecule has 3 N–H and O–H groups in total. The predicted octanol–water partition coefficient (Wildman–Crippen LogP) is 1.06. The van der Waals surface area contributed by atoms with Gasteiger partial charge in [-0.1, -0.05) is 6.92 Å². The van der Waals surface area contributed by atoms with Gasteiger partial charge in [0, 0.05) is 19.0 Å². The van der Waals surface area contributed by atoms with E-state index in [1.807, 2.05) is 11.6 Å². The van der Waals surface area contributed by atoms with E-state index in [9.17, 15) is 22.8 Å². The Labute approximate surface area is 162 Å². The SMILES string of the molecule is CCCOC(=O)CCC(=O)NC(=S)Nc1ccc(S(=O)(=O)NC(C)=O)cc1. The van der Waals surface area contributed by atoms with Crippen molar-refractivity contribution in [1.29, 1.82) is 0 Å². The fourth-order valence-electron chi connectivity index (χ4n) is 1.82. The Kier molecular flexibility index (Phi) is 8.82. The summed E-state index contributed by atoms with van der Waals surface area (Å²) >= 11 is 4.99. The van der Waals surface area contributed by atoms with Crippen molar-refractivity contribution in [2.75, 3.05) is 11.9 Å². The van der Waals surface area contributed by atoms with Crippen LogP contribution in [0.15, 0.2) is 29.2 Å². The van der Waals surface area contributed by atoms with Crippen LogP contribution in [0, 0.1) is 0 Å². The average Bonchev–Trinajstić information content (AvgIpc) is 2.57. The second-order valence-corrected chi connectivity index (χ2v) is 7.50.